The van der Waals surface area contributed by atoms with Crippen molar-refractivity contribution in [1.82, 2.24) is 29.2 Å². The van der Waals surface area contributed by atoms with Crippen molar-refractivity contribution in [3.63, 3.8) is 0 Å². The van der Waals surface area contributed by atoms with Gasteiger partial charge in [-0.15, -0.1) is 24.0 Å². The van der Waals surface area contributed by atoms with Gasteiger partial charge < -0.3 is 19.3 Å². The Morgan fingerprint density at radius 2 is 1.94 bits per heavy atom. The molecule has 1 aliphatic heterocycles. The molecule has 4 rings (SSSR count). The van der Waals surface area contributed by atoms with E-state index in [2.05, 4.69) is 24.9 Å². The number of aromatic nitrogens is 3. The Kier molecular flexibility index (Phi) is 8.11. The highest BCUT2D eigenvalue weighted by molar-refractivity contribution is 14.0. The van der Waals surface area contributed by atoms with E-state index in [-0.39, 0.29) is 29.7 Å². The zero-order valence-corrected chi connectivity index (χ0v) is 21.3. The van der Waals surface area contributed by atoms with E-state index in [0.717, 1.165) is 29.4 Å². The molecule has 1 aromatic carbocycles. The lowest BCUT2D eigenvalue weighted by Gasteiger charge is -2.35. The SMILES string of the molecule is CCNC(=NCc1nc2ccccc2n1C)N1CCN(S(=O)(=O)Cc2ccon2)CC1.I. The van der Waals surface area contributed by atoms with Gasteiger partial charge in [0.2, 0.25) is 10.0 Å². The fraction of sp³-hybridized carbons (Fsp3) is 0.450. The molecule has 10 nitrogen and oxygen atoms in total. The smallest absolute Gasteiger partial charge is 0.220 e. The summed E-state index contributed by atoms with van der Waals surface area (Å²) in [5.74, 6) is 1.50. The fourth-order valence-corrected chi connectivity index (χ4v) is 5.10. The van der Waals surface area contributed by atoms with E-state index >= 15 is 0 Å². The molecule has 3 heterocycles. The van der Waals surface area contributed by atoms with Crippen LogP contribution >= 0.6 is 24.0 Å². The normalized spacial score (nSPS) is 15.7. The van der Waals surface area contributed by atoms with Crippen molar-refractivity contribution in [2.75, 3.05) is 32.7 Å². The van der Waals surface area contributed by atoms with Crippen molar-refractivity contribution >= 4 is 51.0 Å². The number of hydrogen-bond donors (Lipinski definition) is 1. The van der Waals surface area contributed by atoms with Gasteiger partial charge in [-0.3, -0.25) is 0 Å². The zero-order valence-electron chi connectivity index (χ0n) is 18.1. The number of guanidine groups is 1. The summed E-state index contributed by atoms with van der Waals surface area (Å²) < 4.78 is 33.6. The minimum Gasteiger partial charge on any atom is -0.364 e. The molecule has 174 valence electrons. The lowest BCUT2D eigenvalue weighted by atomic mass is 10.3. The monoisotopic (exact) mass is 573 g/mol. The molecule has 1 aliphatic rings. The Labute approximate surface area is 204 Å². The van der Waals surface area contributed by atoms with Crippen LogP contribution in [0.25, 0.3) is 11.0 Å². The van der Waals surface area contributed by atoms with E-state index in [4.69, 9.17) is 9.52 Å². The van der Waals surface area contributed by atoms with Crippen LogP contribution in [-0.4, -0.2) is 71.0 Å². The van der Waals surface area contributed by atoms with Gasteiger partial charge in [0, 0.05) is 45.8 Å². The molecule has 1 fully saturated rings. The molecule has 3 aromatic rings. The molecular weight excluding hydrogens is 545 g/mol. The number of para-hydroxylation sites is 2. The maximum atomic E-state index is 12.7. The maximum Gasteiger partial charge on any atom is 0.220 e. The largest absolute Gasteiger partial charge is 0.364 e. The summed E-state index contributed by atoms with van der Waals surface area (Å²) in [6.45, 7) is 5.11. The van der Waals surface area contributed by atoms with Gasteiger partial charge >= 0.3 is 0 Å². The minimum absolute atomic E-state index is 0. The number of nitrogens with one attached hydrogen (secondary N) is 1. The standard InChI is InChI=1S/C20H27N7O3S.HI/c1-3-21-20(22-14-19-23-17-6-4-5-7-18(17)25(19)2)26-9-11-27(12-10-26)31(28,29)15-16-8-13-30-24-16;/h4-8,13H,3,9-12,14-15H2,1-2H3,(H,21,22);1H. The second-order valence-electron chi connectivity index (χ2n) is 7.38. The number of nitrogens with zero attached hydrogens (tertiary/aromatic N) is 6. The number of halogens is 1. The lowest BCUT2D eigenvalue weighted by Crippen LogP contribution is -2.53. The summed E-state index contributed by atoms with van der Waals surface area (Å²) >= 11 is 0. The Balaban J connectivity index is 0.00000289. The van der Waals surface area contributed by atoms with Crippen molar-refractivity contribution in [1.29, 1.82) is 0 Å². The number of imidazole rings is 1. The number of piperazine rings is 1. The van der Waals surface area contributed by atoms with E-state index in [9.17, 15) is 8.42 Å². The van der Waals surface area contributed by atoms with Crippen molar-refractivity contribution in [2.45, 2.75) is 19.2 Å². The highest BCUT2D eigenvalue weighted by atomic mass is 127. The van der Waals surface area contributed by atoms with E-state index in [1.54, 1.807) is 6.07 Å². The number of sulfonamides is 1. The summed E-state index contributed by atoms with van der Waals surface area (Å²) in [6, 6.07) is 9.58. The molecule has 2 aromatic heterocycles. The van der Waals surface area contributed by atoms with Crippen molar-refractivity contribution in [3.8, 4) is 0 Å². The van der Waals surface area contributed by atoms with Crippen LogP contribution in [0.5, 0.6) is 0 Å². The van der Waals surface area contributed by atoms with Gasteiger partial charge in [0.05, 0.1) is 16.7 Å². The molecule has 32 heavy (non-hydrogen) atoms. The lowest BCUT2D eigenvalue weighted by molar-refractivity contribution is 0.259. The van der Waals surface area contributed by atoms with E-state index < -0.39 is 10.0 Å². The molecule has 0 atom stereocenters. The van der Waals surface area contributed by atoms with Crippen LogP contribution < -0.4 is 5.32 Å². The first kappa shape index (κ1) is 24.5. The highest BCUT2D eigenvalue weighted by Crippen LogP contribution is 2.16. The molecule has 0 aliphatic carbocycles. The third kappa shape index (κ3) is 5.41. The number of rotatable bonds is 6. The summed E-state index contributed by atoms with van der Waals surface area (Å²) in [7, 11) is -1.44. The fourth-order valence-electron chi connectivity index (χ4n) is 3.68. The molecule has 0 spiro atoms. The average Bonchev–Trinajstić information content (AvgIpc) is 3.39. The van der Waals surface area contributed by atoms with Gasteiger partial charge in [0.25, 0.3) is 0 Å². The van der Waals surface area contributed by atoms with E-state index in [0.29, 0.717) is 38.4 Å². The molecule has 0 amide bonds. The summed E-state index contributed by atoms with van der Waals surface area (Å²) in [5, 5.41) is 7.03. The minimum atomic E-state index is -3.43. The van der Waals surface area contributed by atoms with Crippen LogP contribution in [0.4, 0.5) is 0 Å². The Bertz CT molecular complexity index is 1150. The Morgan fingerprint density at radius 1 is 1.19 bits per heavy atom. The number of aliphatic imine (C=N–C) groups is 1. The molecule has 1 N–H and O–H groups in total. The number of fused-ring (bicyclic) bond motifs is 1. The molecule has 0 saturated carbocycles. The molecule has 0 unspecified atom stereocenters. The first-order valence-corrected chi connectivity index (χ1v) is 11.9. The molecular formula is C20H28IN7O3S. The van der Waals surface area contributed by atoms with Crippen LogP contribution in [0.15, 0.2) is 46.1 Å². The van der Waals surface area contributed by atoms with Crippen LogP contribution in [0.1, 0.15) is 18.4 Å². The van der Waals surface area contributed by atoms with Crippen LogP contribution in [-0.2, 0) is 29.4 Å². The molecule has 1 saturated heterocycles. The second kappa shape index (κ2) is 10.6. The Morgan fingerprint density at radius 3 is 2.59 bits per heavy atom. The predicted molar refractivity (Wildman–Crippen MR) is 133 cm³/mol. The summed E-state index contributed by atoms with van der Waals surface area (Å²) in [6.07, 6.45) is 1.38. The quantitative estimate of drug-likeness (QED) is 0.272. The molecule has 12 heteroatoms. The summed E-state index contributed by atoms with van der Waals surface area (Å²) in [5.41, 5.74) is 2.44. The zero-order chi connectivity index (χ0) is 21.8. The number of benzene rings is 1. The van der Waals surface area contributed by atoms with Crippen LogP contribution in [0.2, 0.25) is 0 Å². The van der Waals surface area contributed by atoms with E-state index in [1.165, 1.54) is 10.6 Å². The summed E-state index contributed by atoms with van der Waals surface area (Å²) in [4.78, 5) is 11.5. The van der Waals surface area contributed by atoms with Gasteiger partial charge in [-0.05, 0) is 19.1 Å². The maximum absolute atomic E-state index is 12.7. The van der Waals surface area contributed by atoms with Crippen molar-refractivity contribution in [3.05, 3.63) is 48.1 Å². The topological polar surface area (TPSA) is 109 Å². The molecule has 0 bridgehead atoms. The highest BCUT2D eigenvalue weighted by Gasteiger charge is 2.29. The second-order valence-corrected chi connectivity index (χ2v) is 9.35. The van der Waals surface area contributed by atoms with Gasteiger partial charge in [0.1, 0.15) is 24.4 Å². The van der Waals surface area contributed by atoms with Crippen molar-refractivity contribution < 1.29 is 12.9 Å². The van der Waals surface area contributed by atoms with Crippen molar-refractivity contribution in [2.24, 2.45) is 12.0 Å². The van der Waals surface area contributed by atoms with Gasteiger partial charge in [-0.1, -0.05) is 17.3 Å². The first-order valence-electron chi connectivity index (χ1n) is 10.3. The van der Waals surface area contributed by atoms with Gasteiger partial charge in [-0.2, -0.15) is 4.31 Å². The number of hydrogen-bond acceptors (Lipinski definition) is 6. The van der Waals surface area contributed by atoms with E-state index in [1.807, 2.05) is 38.2 Å². The predicted octanol–water partition coefficient (Wildman–Crippen LogP) is 1.79. The van der Waals surface area contributed by atoms with Gasteiger partial charge in [-0.25, -0.2) is 18.4 Å². The number of aryl methyl sites for hydroxylation is 1. The molecule has 0 radical (unpaired) electrons. The average molecular weight is 573 g/mol. The van der Waals surface area contributed by atoms with Crippen LogP contribution in [0.3, 0.4) is 0 Å². The third-order valence-electron chi connectivity index (χ3n) is 5.34. The Hall–Kier alpha value is -2.19. The third-order valence-corrected chi connectivity index (χ3v) is 7.15. The van der Waals surface area contributed by atoms with Gasteiger partial charge in [0.15, 0.2) is 5.96 Å². The first-order chi connectivity index (χ1) is 15.0. The van der Waals surface area contributed by atoms with Crippen LogP contribution in [0, 0.1) is 0 Å².